The summed E-state index contributed by atoms with van der Waals surface area (Å²) in [5.41, 5.74) is 2.58. The molecule has 29 heavy (non-hydrogen) atoms. The first-order chi connectivity index (χ1) is 14.0. The van der Waals surface area contributed by atoms with Crippen molar-refractivity contribution in [2.45, 2.75) is 32.2 Å². The predicted octanol–water partition coefficient (Wildman–Crippen LogP) is 3.56. The average molecular weight is 400 g/mol. The molecule has 5 nitrogen and oxygen atoms in total. The maximum atomic E-state index is 13.9. The monoisotopic (exact) mass is 400 g/mol. The van der Waals surface area contributed by atoms with Crippen molar-refractivity contribution in [1.82, 2.24) is 10.6 Å². The van der Waals surface area contributed by atoms with E-state index in [0.717, 1.165) is 24.7 Å². The molecule has 0 aromatic heterocycles. The molecule has 2 aromatic carbocycles. The maximum absolute atomic E-state index is 13.9. The van der Waals surface area contributed by atoms with Crippen LogP contribution in [0.4, 0.5) is 14.5 Å². The van der Waals surface area contributed by atoms with Crippen LogP contribution in [0.25, 0.3) is 0 Å². The molecule has 2 N–H and O–H groups in total. The molecule has 0 saturated heterocycles. The van der Waals surface area contributed by atoms with Crippen molar-refractivity contribution in [3.8, 4) is 0 Å². The second kappa shape index (κ2) is 9.49. The number of guanidine groups is 1. The fraction of sp³-hybridized carbons (Fsp3) is 0.364. The largest absolute Gasteiger partial charge is 0.356 e. The summed E-state index contributed by atoms with van der Waals surface area (Å²) in [6.45, 7) is 3.06. The summed E-state index contributed by atoms with van der Waals surface area (Å²) in [4.78, 5) is 18.5. The summed E-state index contributed by atoms with van der Waals surface area (Å²) in [5, 5.41) is 6.22. The van der Waals surface area contributed by atoms with E-state index in [1.54, 1.807) is 14.0 Å². The molecule has 2 aromatic rings. The summed E-state index contributed by atoms with van der Waals surface area (Å²) in [6.07, 6.45) is 1.98. The molecule has 1 atom stereocenters. The van der Waals surface area contributed by atoms with Crippen molar-refractivity contribution in [2.24, 2.45) is 4.99 Å². The Balaban J connectivity index is 1.45. The lowest BCUT2D eigenvalue weighted by atomic mass is 10.1. The number of anilines is 1. The predicted molar refractivity (Wildman–Crippen MR) is 111 cm³/mol. The zero-order chi connectivity index (χ0) is 20.8. The molecule has 1 unspecified atom stereocenters. The number of halogens is 2. The Hall–Kier alpha value is -2.96. The molecule has 0 fully saturated rings. The van der Waals surface area contributed by atoms with Crippen molar-refractivity contribution in [3.63, 3.8) is 0 Å². The molecule has 154 valence electrons. The van der Waals surface area contributed by atoms with E-state index in [0.29, 0.717) is 30.9 Å². The van der Waals surface area contributed by atoms with Crippen molar-refractivity contribution in [1.29, 1.82) is 0 Å². The van der Waals surface area contributed by atoms with E-state index in [1.165, 1.54) is 17.7 Å². The molecular formula is C22H26F2N4O. The van der Waals surface area contributed by atoms with E-state index >= 15 is 0 Å². The number of fused-ring (bicyclic) bond motifs is 1. The number of hydrogen-bond donors (Lipinski definition) is 2. The normalized spacial score (nSPS) is 14.5. The Kier molecular flexibility index (Phi) is 6.80. The highest BCUT2D eigenvalue weighted by Gasteiger charge is 2.23. The summed E-state index contributed by atoms with van der Waals surface area (Å²) >= 11 is 0. The second-order valence-corrected chi connectivity index (χ2v) is 7.06. The number of rotatable bonds is 6. The van der Waals surface area contributed by atoms with Gasteiger partial charge >= 0.3 is 0 Å². The van der Waals surface area contributed by atoms with Gasteiger partial charge in [-0.25, -0.2) is 8.78 Å². The minimum Gasteiger partial charge on any atom is -0.356 e. The quantitative estimate of drug-likeness (QED) is 0.443. The maximum Gasteiger partial charge on any atom is 0.227 e. The van der Waals surface area contributed by atoms with Crippen molar-refractivity contribution in [3.05, 3.63) is 65.2 Å². The van der Waals surface area contributed by atoms with Gasteiger partial charge in [0.15, 0.2) is 5.96 Å². The molecule has 1 heterocycles. The van der Waals surface area contributed by atoms with Crippen LogP contribution in [-0.4, -0.2) is 32.0 Å². The summed E-state index contributed by atoms with van der Waals surface area (Å²) in [6, 6.07) is 11.1. The summed E-state index contributed by atoms with van der Waals surface area (Å²) in [5.74, 6) is -0.593. The SMILES string of the molecule is CN=C(NCCCC(=O)N1CCc2ccccc21)NC(C)c1ccc(F)cc1F. The third-order valence-corrected chi connectivity index (χ3v) is 5.05. The first-order valence-electron chi connectivity index (χ1n) is 9.80. The Bertz CT molecular complexity index is 900. The minimum absolute atomic E-state index is 0.112. The van der Waals surface area contributed by atoms with E-state index in [4.69, 9.17) is 0 Å². The van der Waals surface area contributed by atoms with Gasteiger partial charge in [0, 0.05) is 43.9 Å². The molecule has 1 aliphatic heterocycles. The molecule has 0 radical (unpaired) electrons. The first-order valence-corrected chi connectivity index (χ1v) is 9.80. The van der Waals surface area contributed by atoms with Crippen LogP contribution in [0, 0.1) is 11.6 Å². The molecule has 0 saturated carbocycles. The Morgan fingerprint density at radius 1 is 1.24 bits per heavy atom. The highest BCUT2D eigenvalue weighted by atomic mass is 19.1. The van der Waals surface area contributed by atoms with Gasteiger partial charge in [-0.1, -0.05) is 24.3 Å². The fourth-order valence-electron chi connectivity index (χ4n) is 3.51. The van der Waals surface area contributed by atoms with Crippen LogP contribution in [0.3, 0.4) is 0 Å². The van der Waals surface area contributed by atoms with Crippen molar-refractivity contribution >= 4 is 17.6 Å². The van der Waals surface area contributed by atoms with Gasteiger partial charge in [0.25, 0.3) is 0 Å². The van der Waals surface area contributed by atoms with Gasteiger partial charge in [-0.2, -0.15) is 0 Å². The average Bonchev–Trinajstić information content (AvgIpc) is 3.14. The van der Waals surface area contributed by atoms with Gasteiger partial charge in [0.2, 0.25) is 5.91 Å². The Morgan fingerprint density at radius 3 is 2.79 bits per heavy atom. The van der Waals surface area contributed by atoms with Crippen LogP contribution < -0.4 is 15.5 Å². The number of nitrogens with one attached hydrogen (secondary N) is 2. The van der Waals surface area contributed by atoms with E-state index in [2.05, 4.69) is 21.7 Å². The van der Waals surface area contributed by atoms with Crippen LogP contribution in [0.1, 0.15) is 36.9 Å². The van der Waals surface area contributed by atoms with Gasteiger partial charge < -0.3 is 15.5 Å². The van der Waals surface area contributed by atoms with Crippen LogP contribution in [0.2, 0.25) is 0 Å². The third kappa shape index (κ3) is 5.10. The van der Waals surface area contributed by atoms with Gasteiger partial charge in [-0.15, -0.1) is 0 Å². The lowest BCUT2D eigenvalue weighted by molar-refractivity contribution is -0.118. The van der Waals surface area contributed by atoms with E-state index < -0.39 is 11.6 Å². The van der Waals surface area contributed by atoms with E-state index in [9.17, 15) is 13.6 Å². The number of nitrogens with zero attached hydrogens (tertiary/aromatic N) is 2. The lowest BCUT2D eigenvalue weighted by Crippen LogP contribution is -2.39. The molecule has 0 bridgehead atoms. The van der Waals surface area contributed by atoms with Crippen LogP contribution in [-0.2, 0) is 11.2 Å². The topological polar surface area (TPSA) is 56.7 Å². The zero-order valence-electron chi connectivity index (χ0n) is 16.7. The first kappa shape index (κ1) is 20.8. The number of para-hydroxylation sites is 1. The van der Waals surface area contributed by atoms with Gasteiger partial charge in [-0.05, 0) is 37.5 Å². The highest BCUT2D eigenvalue weighted by Crippen LogP contribution is 2.28. The van der Waals surface area contributed by atoms with Gasteiger partial charge in [-0.3, -0.25) is 9.79 Å². The number of benzene rings is 2. The lowest BCUT2D eigenvalue weighted by Gasteiger charge is -2.19. The smallest absolute Gasteiger partial charge is 0.227 e. The standard InChI is InChI=1S/C22H26F2N4O/c1-15(18-10-9-17(23)14-19(18)24)27-22(25-2)26-12-5-8-21(29)28-13-11-16-6-3-4-7-20(16)28/h3-4,6-7,9-10,14-15H,5,8,11-13H2,1-2H3,(H2,25,26,27). The Labute approximate surface area is 169 Å². The molecule has 0 spiro atoms. The molecule has 0 aliphatic carbocycles. The van der Waals surface area contributed by atoms with Crippen molar-refractivity contribution in [2.75, 3.05) is 25.0 Å². The zero-order valence-corrected chi connectivity index (χ0v) is 16.7. The second-order valence-electron chi connectivity index (χ2n) is 7.06. The van der Waals surface area contributed by atoms with Crippen LogP contribution in [0.5, 0.6) is 0 Å². The third-order valence-electron chi connectivity index (χ3n) is 5.05. The Morgan fingerprint density at radius 2 is 2.03 bits per heavy atom. The molecule has 7 heteroatoms. The van der Waals surface area contributed by atoms with Gasteiger partial charge in [0.05, 0.1) is 6.04 Å². The fourth-order valence-corrected chi connectivity index (χ4v) is 3.51. The van der Waals surface area contributed by atoms with E-state index in [-0.39, 0.29) is 11.9 Å². The van der Waals surface area contributed by atoms with Crippen LogP contribution in [0.15, 0.2) is 47.5 Å². The molecule has 1 amide bonds. The number of hydrogen-bond acceptors (Lipinski definition) is 2. The van der Waals surface area contributed by atoms with Gasteiger partial charge in [0.1, 0.15) is 11.6 Å². The number of aliphatic imine (C=N–C) groups is 1. The van der Waals surface area contributed by atoms with E-state index in [1.807, 2.05) is 23.1 Å². The summed E-state index contributed by atoms with van der Waals surface area (Å²) in [7, 11) is 1.62. The summed E-state index contributed by atoms with van der Waals surface area (Å²) < 4.78 is 27.0. The van der Waals surface area contributed by atoms with Crippen LogP contribution >= 0.6 is 0 Å². The molecule has 3 rings (SSSR count). The highest BCUT2D eigenvalue weighted by molar-refractivity contribution is 5.95. The minimum atomic E-state index is -0.605. The number of carbonyl (C=O) groups is 1. The molecule has 1 aliphatic rings. The van der Waals surface area contributed by atoms with Crippen molar-refractivity contribution < 1.29 is 13.6 Å². The molecular weight excluding hydrogens is 374 g/mol. The number of carbonyl (C=O) groups excluding carboxylic acids is 1. The number of amides is 1.